The van der Waals surface area contributed by atoms with Gasteiger partial charge in [0, 0.05) is 11.5 Å². The van der Waals surface area contributed by atoms with E-state index >= 15 is 0 Å². The Morgan fingerprint density at radius 1 is 0.909 bits per heavy atom. The Kier molecular flexibility index (Phi) is 4.32. The molecule has 114 valence electrons. The first-order valence-electron chi connectivity index (χ1n) is 7.08. The second-order valence-electron chi connectivity index (χ2n) is 5.25. The van der Waals surface area contributed by atoms with E-state index < -0.39 is 17.9 Å². The van der Waals surface area contributed by atoms with Crippen LogP contribution in [0.1, 0.15) is 11.9 Å². The molecule has 3 rings (SSSR count). The van der Waals surface area contributed by atoms with Gasteiger partial charge in [-0.05, 0) is 23.3 Å². The van der Waals surface area contributed by atoms with E-state index in [0.29, 0.717) is 18.8 Å². The van der Waals surface area contributed by atoms with Gasteiger partial charge >= 0.3 is 0 Å². The van der Waals surface area contributed by atoms with Crippen molar-refractivity contribution in [3.63, 3.8) is 0 Å². The highest BCUT2D eigenvalue weighted by molar-refractivity contribution is 5.63. The molecule has 0 amide bonds. The number of hydrogen-bond donors (Lipinski definition) is 0. The van der Waals surface area contributed by atoms with Gasteiger partial charge in [-0.25, -0.2) is 8.78 Å². The molecule has 0 saturated carbocycles. The molecule has 2 aromatic carbocycles. The monoisotopic (exact) mass is 302 g/mol. The highest BCUT2D eigenvalue weighted by Crippen LogP contribution is 2.28. The van der Waals surface area contributed by atoms with Gasteiger partial charge in [-0.1, -0.05) is 36.4 Å². The summed E-state index contributed by atoms with van der Waals surface area (Å²) in [5, 5.41) is 0. The van der Waals surface area contributed by atoms with Crippen LogP contribution < -0.4 is 0 Å². The molecule has 0 radical (unpaired) electrons. The lowest BCUT2D eigenvalue weighted by atomic mass is 10.0. The van der Waals surface area contributed by atoms with Gasteiger partial charge in [0.1, 0.15) is 0 Å². The van der Waals surface area contributed by atoms with Crippen molar-refractivity contribution in [3.8, 4) is 11.1 Å². The molecule has 0 N–H and O–H groups in total. The van der Waals surface area contributed by atoms with Crippen LogP contribution in [-0.4, -0.2) is 13.2 Å². The zero-order valence-corrected chi connectivity index (χ0v) is 12.0. The first kappa shape index (κ1) is 14.9. The minimum atomic E-state index is -0.851. The molecule has 0 aliphatic carbocycles. The molecule has 22 heavy (non-hydrogen) atoms. The summed E-state index contributed by atoms with van der Waals surface area (Å²) in [4.78, 5) is 0. The molecule has 1 saturated heterocycles. The largest absolute Gasteiger partial charge is 0.348 e. The Hall–Kier alpha value is -2.04. The van der Waals surface area contributed by atoms with Gasteiger partial charge in [0.25, 0.3) is 0 Å². The van der Waals surface area contributed by atoms with Gasteiger partial charge < -0.3 is 9.47 Å². The third-order valence-electron chi connectivity index (χ3n) is 3.69. The van der Waals surface area contributed by atoms with Gasteiger partial charge in [0.15, 0.2) is 17.9 Å². The lowest BCUT2D eigenvalue weighted by molar-refractivity contribution is -0.197. The zero-order valence-electron chi connectivity index (χ0n) is 12.0. The molecular weight excluding hydrogens is 286 g/mol. The summed E-state index contributed by atoms with van der Waals surface area (Å²) in [5.74, 6) is -1.48. The average Bonchev–Trinajstić information content (AvgIpc) is 2.58. The molecule has 1 aliphatic rings. The minimum absolute atomic E-state index is 0.220. The van der Waals surface area contributed by atoms with Gasteiger partial charge in [-0.2, -0.15) is 0 Å². The number of halogens is 2. The van der Waals surface area contributed by atoms with Crippen LogP contribution >= 0.6 is 0 Å². The fourth-order valence-electron chi connectivity index (χ4n) is 2.36. The molecule has 4 heteroatoms. The Morgan fingerprint density at radius 3 is 2.14 bits per heavy atom. The Labute approximate surface area is 128 Å². The van der Waals surface area contributed by atoms with Crippen LogP contribution in [0.3, 0.4) is 0 Å². The summed E-state index contributed by atoms with van der Waals surface area (Å²) in [5.41, 5.74) is 2.33. The summed E-state index contributed by atoms with van der Waals surface area (Å²) in [6.45, 7) is 4.89. The van der Waals surface area contributed by atoms with Crippen LogP contribution in [0.15, 0.2) is 55.1 Å². The Bertz CT molecular complexity index is 659. The van der Waals surface area contributed by atoms with Crippen LogP contribution in [0.25, 0.3) is 11.1 Å². The third kappa shape index (κ3) is 3.08. The SMILES string of the molecule is C=C[C@H]1CO[C@H](c2ccc(-c3ccc(F)c(F)c3)cc2)OC1. The second-order valence-corrected chi connectivity index (χ2v) is 5.25. The highest BCUT2D eigenvalue weighted by Gasteiger charge is 2.21. The topological polar surface area (TPSA) is 18.5 Å². The van der Waals surface area contributed by atoms with Crippen LogP contribution in [0.5, 0.6) is 0 Å². The van der Waals surface area contributed by atoms with Crippen LogP contribution in [-0.2, 0) is 9.47 Å². The van der Waals surface area contributed by atoms with Crippen molar-refractivity contribution in [1.82, 2.24) is 0 Å². The van der Waals surface area contributed by atoms with Gasteiger partial charge in [-0.15, -0.1) is 6.58 Å². The molecule has 0 spiro atoms. The maximum atomic E-state index is 13.3. The van der Waals surface area contributed by atoms with E-state index in [-0.39, 0.29) is 5.92 Å². The molecule has 0 bridgehead atoms. The fourth-order valence-corrected chi connectivity index (χ4v) is 2.36. The van der Waals surface area contributed by atoms with Crippen molar-refractivity contribution in [2.45, 2.75) is 6.29 Å². The van der Waals surface area contributed by atoms with Gasteiger partial charge in [0.05, 0.1) is 13.2 Å². The minimum Gasteiger partial charge on any atom is -0.348 e. The lowest BCUT2D eigenvalue weighted by Gasteiger charge is -2.28. The van der Waals surface area contributed by atoms with Crippen molar-refractivity contribution >= 4 is 0 Å². The summed E-state index contributed by atoms with van der Waals surface area (Å²) in [7, 11) is 0. The fraction of sp³-hybridized carbons (Fsp3) is 0.222. The van der Waals surface area contributed by atoms with E-state index in [4.69, 9.17) is 9.47 Å². The molecular formula is C18H16F2O2. The third-order valence-corrected chi connectivity index (χ3v) is 3.69. The van der Waals surface area contributed by atoms with Gasteiger partial charge in [0.2, 0.25) is 0 Å². The molecule has 0 aromatic heterocycles. The van der Waals surface area contributed by atoms with Crippen LogP contribution in [0.4, 0.5) is 8.78 Å². The van der Waals surface area contributed by atoms with E-state index in [1.54, 1.807) is 6.07 Å². The molecule has 2 nitrogen and oxygen atoms in total. The quantitative estimate of drug-likeness (QED) is 0.778. The van der Waals surface area contributed by atoms with E-state index in [2.05, 4.69) is 6.58 Å². The standard InChI is InChI=1S/C18H16F2O2/c1-2-12-10-21-18(22-11-12)14-5-3-13(4-6-14)15-7-8-16(19)17(20)9-15/h2-9,12,18H,1,10-11H2/t12-,18-. The molecule has 1 aliphatic heterocycles. The van der Waals surface area contributed by atoms with Crippen molar-refractivity contribution in [1.29, 1.82) is 0 Å². The first-order valence-corrected chi connectivity index (χ1v) is 7.08. The molecule has 0 unspecified atom stereocenters. The van der Waals surface area contributed by atoms with Crippen molar-refractivity contribution in [2.24, 2.45) is 5.92 Å². The van der Waals surface area contributed by atoms with Crippen LogP contribution in [0.2, 0.25) is 0 Å². The van der Waals surface area contributed by atoms with E-state index in [1.807, 2.05) is 30.3 Å². The van der Waals surface area contributed by atoms with Gasteiger partial charge in [-0.3, -0.25) is 0 Å². The predicted octanol–water partition coefficient (Wildman–Crippen LogP) is 4.48. The number of ether oxygens (including phenoxy) is 2. The predicted molar refractivity (Wildman–Crippen MR) is 80.1 cm³/mol. The van der Waals surface area contributed by atoms with Crippen molar-refractivity contribution in [3.05, 3.63) is 72.3 Å². The second kappa shape index (κ2) is 6.38. The number of hydrogen-bond acceptors (Lipinski definition) is 2. The summed E-state index contributed by atoms with van der Waals surface area (Å²) in [6, 6.07) is 11.3. The average molecular weight is 302 g/mol. The molecule has 0 atom stereocenters. The van der Waals surface area contributed by atoms with E-state index in [1.165, 1.54) is 6.07 Å². The number of benzene rings is 2. The Balaban J connectivity index is 1.75. The molecule has 1 heterocycles. The lowest BCUT2D eigenvalue weighted by Crippen LogP contribution is -2.25. The highest BCUT2D eigenvalue weighted by atomic mass is 19.2. The summed E-state index contributed by atoms with van der Waals surface area (Å²) in [6.07, 6.45) is 1.43. The smallest absolute Gasteiger partial charge is 0.183 e. The first-order chi connectivity index (χ1) is 10.7. The van der Waals surface area contributed by atoms with E-state index in [0.717, 1.165) is 17.2 Å². The summed E-state index contributed by atoms with van der Waals surface area (Å²) < 4.78 is 37.5. The Morgan fingerprint density at radius 2 is 1.55 bits per heavy atom. The van der Waals surface area contributed by atoms with Crippen molar-refractivity contribution in [2.75, 3.05) is 13.2 Å². The maximum Gasteiger partial charge on any atom is 0.183 e. The zero-order chi connectivity index (χ0) is 15.5. The molecule has 1 fully saturated rings. The maximum absolute atomic E-state index is 13.3. The van der Waals surface area contributed by atoms with Crippen molar-refractivity contribution < 1.29 is 18.3 Å². The van der Waals surface area contributed by atoms with E-state index in [9.17, 15) is 8.78 Å². The number of rotatable bonds is 3. The van der Waals surface area contributed by atoms with Crippen LogP contribution in [0, 0.1) is 17.6 Å². The molecule has 2 aromatic rings. The normalized spacial score (nSPS) is 21.5. The summed E-state index contributed by atoms with van der Waals surface area (Å²) >= 11 is 0.